The van der Waals surface area contributed by atoms with E-state index in [1.54, 1.807) is 18.2 Å². The molecule has 1 unspecified atom stereocenters. The second-order valence-corrected chi connectivity index (χ2v) is 5.57. The van der Waals surface area contributed by atoms with Crippen molar-refractivity contribution < 1.29 is 13.9 Å². The van der Waals surface area contributed by atoms with E-state index >= 15 is 0 Å². The molecule has 0 heterocycles. The van der Waals surface area contributed by atoms with Gasteiger partial charge in [-0.2, -0.15) is 0 Å². The van der Waals surface area contributed by atoms with Gasteiger partial charge in [0.15, 0.2) is 6.04 Å². The van der Waals surface area contributed by atoms with Crippen LogP contribution in [0.4, 0.5) is 10.1 Å². The first-order valence-corrected chi connectivity index (χ1v) is 7.24. The van der Waals surface area contributed by atoms with Crippen molar-refractivity contribution >= 4 is 39.2 Å². The molecule has 1 atom stereocenters. The van der Waals surface area contributed by atoms with Crippen LogP contribution < -0.4 is 5.32 Å². The number of anilines is 1. The highest BCUT2D eigenvalue weighted by atomic mass is 79.9. The highest BCUT2D eigenvalue weighted by Gasteiger charge is 2.25. The van der Waals surface area contributed by atoms with Crippen molar-refractivity contribution in [3.05, 3.63) is 63.3 Å². The summed E-state index contributed by atoms with van der Waals surface area (Å²) in [6.07, 6.45) is 0. The van der Waals surface area contributed by atoms with Crippen molar-refractivity contribution in [3.63, 3.8) is 0 Å². The highest BCUT2D eigenvalue weighted by molar-refractivity contribution is 9.10. The highest BCUT2D eigenvalue weighted by Crippen LogP contribution is 2.27. The summed E-state index contributed by atoms with van der Waals surface area (Å²) in [5, 5.41) is 2.90. The summed E-state index contributed by atoms with van der Waals surface area (Å²) in [6.45, 7) is 0. The molecule has 0 fully saturated rings. The van der Waals surface area contributed by atoms with Gasteiger partial charge in [-0.25, -0.2) is 9.18 Å². The predicted octanol–water partition coefficient (Wildman–Crippen LogP) is 4.57. The molecule has 0 aliphatic heterocycles. The molecule has 0 aromatic heterocycles. The smallest absolute Gasteiger partial charge is 0.333 e. The van der Waals surface area contributed by atoms with Crippen LogP contribution in [0.15, 0.2) is 46.9 Å². The topological polar surface area (TPSA) is 38.3 Å². The monoisotopic (exact) mass is 371 g/mol. The molecule has 3 nitrogen and oxygen atoms in total. The van der Waals surface area contributed by atoms with Crippen LogP contribution in [0.1, 0.15) is 11.6 Å². The van der Waals surface area contributed by atoms with Crippen molar-refractivity contribution in [1.82, 2.24) is 0 Å². The molecule has 0 saturated carbocycles. The number of nitrogens with one attached hydrogen (secondary N) is 1. The molecule has 6 heteroatoms. The Balaban J connectivity index is 2.37. The number of carbonyl (C=O) groups is 1. The summed E-state index contributed by atoms with van der Waals surface area (Å²) < 4.78 is 19.8. The lowest BCUT2D eigenvalue weighted by atomic mass is 10.1. The van der Waals surface area contributed by atoms with Gasteiger partial charge in [0, 0.05) is 15.7 Å². The fourth-order valence-electron chi connectivity index (χ4n) is 1.84. The van der Waals surface area contributed by atoms with E-state index < -0.39 is 17.8 Å². The molecule has 2 aromatic rings. The summed E-state index contributed by atoms with van der Waals surface area (Å²) in [5.41, 5.74) is 0.797. The van der Waals surface area contributed by atoms with E-state index in [1.807, 2.05) is 12.1 Å². The summed E-state index contributed by atoms with van der Waals surface area (Å²) in [5.74, 6) is -1.24. The SMILES string of the molecule is COC(=O)C(Nc1ccc(Br)cc1)c1cccc(Cl)c1F. The standard InChI is InChI=1S/C15H12BrClFNO2/c1-21-15(20)14(11-3-2-4-12(17)13(11)18)19-10-7-5-9(16)6-8-10/h2-8,14,19H,1H3. The van der Waals surface area contributed by atoms with Gasteiger partial charge in [-0.3, -0.25) is 0 Å². The zero-order valence-corrected chi connectivity index (χ0v) is 13.4. The van der Waals surface area contributed by atoms with Gasteiger partial charge in [-0.05, 0) is 30.3 Å². The first kappa shape index (κ1) is 15.8. The van der Waals surface area contributed by atoms with E-state index in [0.29, 0.717) is 5.69 Å². The molecular weight excluding hydrogens is 361 g/mol. The number of hydrogen-bond acceptors (Lipinski definition) is 3. The molecule has 0 radical (unpaired) electrons. The molecule has 0 aliphatic carbocycles. The third-order valence-electron chi connectivity index (χ3n) is 2.88. The number of halogens is 3. The van der Waals surface area contributed by atoms with Gasteiger partial charge in [0.2, 0.25) is 0 Å². The zero-order chi connectivity index (χ0) is 15.4. The van der Waals surface area contributed by atoms with Crippen LogP contribution in [-0.4, -0.2) is 13.1 Å². The molecule has 0 amide bonds. The molecule has 0 saturated heterocycles. The van der Waals surface area contributed by atoms with E-state index in [2.05, 4.69) is 21.2 Å². The Labute approximate surface area is 135 Å². The average Bonchev–Trinajstić information content (AvgIpc) is 2.49. The number of rotatable bonds is 4. The minimum absolute atomic E-state index is 0.0426. The number of ether oxygens (including phenoxy) is 1. The summed E-state index contributed by atoms with van der Waals surface area (Å²) in [7, 11) is 1.25. The van der Waals surface area contributed by atoms with E-state index in [4.69, 9.17) is 16.3 Å². The lowest BCUT2D eigenvalue weighted by Gasteiger charge is -2.19. The Morgan fingerprint density at radius 1 is 1.29 bits per heavy atom. The second kappa shape index (κ2) is 6.91. The van der Waals surface area contributed by atoms with Crippen LogP contribution in [-0.2, 0) is 9.53 Å². The fraction of sp³-hybridized carbons (Fsp3) is 0.133. The van der Waals surface area contributed by atoms with Gasteiger partial charge < -0.3 is 10.1 Å². The molecule has 110 valence electrons. The summed E-state index contributed by atoms with van der Waals surface area (Å²) in [6, 6.07) is 10.7. The summed E-state index contributed by atoms with van der Waals surface area (Å²) >= 11 is 9.09. The fourth-order valence-corrected chi connectivity index (χ4v) is 2.28. The lowest BCUT2D eigenvalue weighted by Crippen LogP contribution is -2.23. The van der Waals surface area contributed by atoms with Crippen LogP contribution in [0.3, 0.4) is 0 Å². The maximum absolute atomic E-state index is 14.1. The Morgan fingerprint density at radius 2 is 1.95 bits per heavy atom. The Kier molecular flexibility index (Phi) is 5.20. The maximum Gasteiger partial charge on any atom is 0.333 e. The van der Waals surface area contributed by atoms with Crippen LogP contribution in [0.2, 0.25) is 5.02 Å². The lowest BCUT2D eigenvalue weighted by molar-refractivity contribution is -0.141. The first-order valence-electron chi connectivity index (χ1n) is 6.06. The van der Waals surface area contributed by atoms with Crippen molar-refractivity contribution in [2.45, 2.75) is 6.04 Å². The molecule has 1 N–H and O–H groups in total. The number of methoxy groups -OCH3 is 1. The minimum Gasteiger partial charge on any atom is -0.467 e. The van der Waals surface area contributed by atoms with Gasteiger partial charge >= 0.3 is 5.97 Å². The Morgan fingerprint density at radius 3 is 2.57 bits per heavy atom. The van der Waals surface area contributed by atoms with E-state index in [-0.39, 0.29) is 10.6 Å². The molecule has 2 aromatic carbocycles. The van der Waals surface area contributed by atoms with Crippen LogP contribution in [0.25, 0.3) is 0 Å². The van der Waals surface area contributed by atoms with E-state index in [1.165, 1.54) is 19.2 Å². The van der Waals surface area contributed by atoms with E-state index in [9.17, 15) is 9.18 Å². The van der Waals surface area contributed by atoms with E-state index in [0.717, 1.165) is 4.47 Å². The zero-order valence-electron chi connectivity index (χ0n) is 11.1. The molecule has 2 rings (SSSR count). The van der Waals surface area contributed by atoms with Crippen LogP contribution >= 0.6 is 27.5 Å². The number of hydrogen-bond donors (Lipinski definition) is 1. The number of carbonyl (C=O) groups excluding carboxylic acids is 1. The minimum atomic E-state index is -0.977. The first-order chi connectivity index (χ1) is 10.0. The Bertz CT molecular complexity index is 649. The van der Waals surface area contributed by atoms with Gasteiger partial charge in [-0.15, -0.1) is 0 Å². The van der Waals surface area contributed by atoms with Gasteiger partial charge in [0.05, 0.1) is 12.1 Å². The van der Waals surface area contributed by atoms with Crippen molar-refractivity contribution in [1.29, 1.82) is 0 Å². The van der Waals surface area contributed by atoms with Crippen molar-refractivity contribution in [3.8, 4) is 0 Å². The largest absolute Gasteiger partial charge is 0.467 e. The molecule has 0 aliphatic rings. The van der Waals surface area contributed by atoms with Gasteiger partial charge in [0.25, 0.3) is 0 Å². The molecule has 0 bridgehead atoms. The van der Waals surface area contributed by atoms with Crippen molar-refractivity contribution in [2.75, 3.05) is 12.4 Å². The third kappa shape index (κ3) is 3.74. The second-order valence-electron chi connectivity index (χ2n) is 4.25. The molecule has 0 spiro atoms. The molecule has 21 heavy (non-hydrogen) atoms. The summed E-state index contributed by atoms with van der Waals surface area (Å²) in [4.78, 5) is 11.9. The van der Waals surface area contributed by atoms with Crippen LogP contribution in [0, 0.1) is 5.82 Å². The number of esters is 1. The maximum atomic E-state index is 14.1. The quantitative estimate of drug-likeness (QED) is 0.799. The molecular formula is C15H12BrClFNO2. The third-order valence-corrected chi connectivity index (χ3v) is 3.71. The Hall–Kier alpha value is -1.59. The predicted molar refractivity (Wildman–Crippen MR) is 83.9 cm³/mol. The van der Waals surface area contributed by atoms with Crippen LogP contribution in [0.5, 0.6) is 0 Å². The van der Waals surface area contributed by atoms with Crippen molar-refractivity contribution in [2.24, 2.45) is 0 Å². The normalized spacial score (nSPS) is 11.8. The average molecular weight is 373 g/mol. The number of benzene rings is 2. The van der Waals surface area contributed by atoms with Gasteiger partial charge in [0.1, 0.15) is 5.82 Å². The van der Waals surface area contributed by atoms with Gasteiger partial charge in [-0.1, -0.05) is 39.7 Å².